The predicted octanol–water partition coefficient (Wildman–Crippen LogP) is 2.49. The summed E-state index contributed by atoms with van der Waals surface area (Å²) in [6.45, 7) is 4.76. The maximum Gasteiger partial charge on any atom is 0.389 e. The van der Waals surface area contributed by atoms with Crippen LogP contribution in [0.5, 0.6) is 0 Å². The molecule has 1 nitrogen and oxygen atoms in total. The highest BCUT2D eigenvalue weighted by molar-refractivity contribution is 4.69. The molecule has 12 heavy (non-hydrogen) atoms. The topological polar surface area (TPSA) is 12.0 Å². The van der Waals surface area contributed by atoms with Crippen molar-refractivity contribution in [3.8, 4) is 0 Å². The van der Waals surface area contributed by atoms with Crippen molar-refractivity contribution in [2.24, 2.45) is 0 Å². The van der Waals surface area contributed by atoms with Gasteiger partial charge in [0, 0.05) is 13.0 Å². The van der Waals surface area contributed by atoms with E-state index < -0.39 is 12.6 Å². The van der Waals surface area contributed by atoms with Crippen molar-refractivity contribution >= 4 is 0 Å². The van der Waals surface area contributed by atoms with E-state index in [9.17, 15) is 13.2 Å². The summed E-state index contributed by atoms with van der Waals surface area (Å²) < 4.78 is 34.8. The highest BCUT2D eigenvalue weighted by atomic mass is 19.4. The Kier molecular flexibility index (Phi) is 5.80. The van der Waals surface area contributed by atoms with Crippen molar-refractivity contribution in [1.29, 1.82) is 0 Å². The summed E-state index contributed by atoms with van der Waals surface area (Å²) in [6.07, 6.45) is -2.23. The second-order valence-corrected chi connectivity index (χ2v) is 2.57. The molecule has 0 unspecified atom stereocenters. The fourth-order valence-electron chi connectivity index (χ4n) is 0.780. The summed E-state index contributed by atoms with van der Waals surface area (Å²) in [5, 5.41) is 2.94. The van der Waals surface area contributed by atoms with Gasteiger partial charge in [-0.2, -0.15) is 13.2 Å². The van der Waals surface area contributed by atoms with Gasteiger partial charge in [0.2, 0.25) is 0 Å². The molecular weight excluding hydrogens is 167 g/mol. The van der Waals surface area contributed by atoms with E-state index in [-0.39, 0.29) is 6.42 Å². The summed E-state index contributed by atoms with van der Waals surface area (Å²) in [5.41, 5.74) is 0. The van der Waals surface area contributed by atoms with Crippen molar-refractivity contribution < 1.29 is 13.2 Å². The van der Waals surface area contributed by atoms with Gasteiger partial charge >= 0.3 is 6.18 Å². The molecule has 0 spiro atoms. The molecule has 0 aliphatic heterocycles. The Labute approximate surface area is 70.7 Å². The molecular formula is C8H14F3N. The largest absolute Gasteiger partial charge is 0.389 e. The molecule has 0 rings (SSSR count). The first-order valence-corrected chi connectivity index (χ1v) is 3.94. The van der Waals surface area contributed by atoms with E-state index in [1.165, 1.54) is 0 Å². The average molecular weight is 181 g/mol. The normalized spacial score (nSPS) is 11.6. The third kappa shape index (κ3) is 9.49. The maximum absolute atomic E-state index is 11.6. The van der Waals surface area contributed by atoms with Gasteiger partial charge in [-0.1, -0.05) is 6.08 Å². The van der Waals surface area contributed by atoms with E-state index in [0.29, 0.717) is 19.5 Å². The molecule has 1 N–H and O–H groups in total. The lowest BCUT2D eigenvalue weighted by molar-refractivity contribution is -0.135. The van der Waals surface area contributed by atoms with Crippen LogP contribution in [0.3, 0.4) is 0 Å². The maximum atomic E-state index is 11.6. The van der Waals surface area contributed by atoms with Crippen LogP contribution in [0.2, 0.25) is 0 Å². The first kappa shape index (κ1) is 11.5. The van der Waals surface area contributed by atoms with Crippen LogP contribution in [-0.4, -0.2) is 19.3 Å². The number of hydrogen-bond acceptors (Lipinski definition) is 1. The van der Waals surface area contributed by atoms with Crippen molar-refractivity contribution in [2.45, 2.75) is 25.4 Å². The van der Waals surface area contributed by atoms with Crippen LogP contribution < -0.4 is 5.32 Å². The molecule has 0 aliphatic rings. The molecule has 0 radical (unpaired) electrons. The number of unbranched alkanes of at least 4 members (excludes halogenated alkanes) is 1. The summed E-state index contributed by atoms with van der Waals surface area (Å²) in [6, 6.07) is 0. The van der Waals surface area contributed by atoms with Crippen LogP contribution in [0.15, 0.2) is 12.7 Å². The highest BCUT2D eigenvalue weighted by Gasteiger charge is 2.25. The summed E-state index contributed by atoms with van der Waals surface area (Å²) in [5.74, 6) is 0. The Bertz CT molecular complexity index is 120. The van der Waals surface area contributed by atoms with Gasteiger partial charge < -0.3 is 5.32 Å². The van der Waals surface area contributed by atoms with Gasteiger partial charge in [-0.3, -0.25) is 0 Å². The Morgan fingerprint density at radius 1 is 1.25 bits per heavy atom. The van der Waals surface area contributed by atoms with E-state index >= 15 is 0 Å². The third-order valence-corrected chi connectivity index (χ3v) is 1.35. The zero-order valence-electron chi connectivity index (χ0n) is 6.95. The summed E-state index contributed by atoms with van der Waals surface area (Å²) >= 11 is 0. The molecule has 0 aliphatic carbocycles. The number of nitrogens with one attached hydrogen (secondary N) is 1. The van der Waals surface area contributed by atoms with Crippen molar-refractivity contribution in [1.82, 2.24) is 5.32 Å². The zero-order chi connectivity index (χ0) is 9.45. The number of hydrogen-bond donors (Lipinski definition) is 1. The van der Waals surface area contributed by atoms with Crippen LogP contribution in [-0.2, 0) is 0 Å². The van der Waals surface area contributed by atoms with Crippen LogP contribution in [0.4, 0.5) is 13.2 Å². The quantitative estimate of drug-likeness (QED) is 0.490. The van der Waals surface area contributed by atoms with E-state index in [2.05, 4.69) is 11.9 Å². The van der Waals surface area contributed by atoms with Gasteiger partial charge in [-0.25, -0.2) is 0 Å². The molecule has 0 amide bonds. The van der Waals surface area contributed by atoms with E-state index in [1.807, 2.05) is 0 Å². The van der Waals surface area contributed by atoms with Crippen molar-refractivity contribution in [2.75, 3.05) is 13.1 Å². The minimum Gasteiger partial charge on any atom is -0.313 e. The number of alkyl halides is 3. The van der Waals surface area contributed by atoms with Crippen LogP contribution in [0.1, 0.15) is 19.3 Å². The second kappa shape index (κ2) is 6.06. The molecule has 0 heterocycles. The highest BCUT2D eigenvalue weighted by Crippen LogP contribution is 2.21. The van der Waals surface area contributed by atoms with Gasteiger partial charge in [0.1, 0.15) is 0 Å². The number of halogens is 3. The minimum absolute atomic E-state index is 0.202. The Morgan fingerprint density at radius 3 is 2.42 bits per heavy atom. The lowest BCUT2D eigenvalue weighted by atomic mass is 10.2. The van der Waals surface area contributed by atoms with Gasteiger partial charge in [0.25, 0.3) is 0 Å². The standard InChI is InChI=1S/C8H14F3N/c1-2-6-12-7-4-3-5-8(9,10)11/h2,12H,1,3-7H2. The average Bonchev–Trinajstić information content (AvgIpc) is 1.94. The molecule has 0 atom stereocenters. The van der Waals surface area contributed by atoms with Gasteiger partial charge in [-0.15, -0.1) is 6.58 Å². The van der Waals surface area contributed by atoms with Crippen molar-refractivity contribution in [3.05, 3.63) is 12.7 Å². The fourth-order valence-corrected chi connectivity index (χ4v) is 0.780. The molecule has 0 aromatic carbocycles. The fraction of sp³-hybridized carbons (Fsp3) is 0.750. The number of rotatable bonds is 6. The monoisotopic (exact) mass is 181 g/mol. The SMILES string of the molecule is C=CCNCCCCC(F)(F)F. The molecule has 0 bridgehead atoms. The summed E-state index contributed by atoms with van der Waals surface area (Å²) in [7, 11) is 0. The van der Waals surface area contributed by atoms with Crippen LogP contribution in [0.25, 0.3) is 0 Å². The lowest BCUT2D eigenvalue weighted by Crippen LogP contribution is -2.15. The first-order valence-electron chi connectivity index (χ1n) is 3.94. The molecule has 0 fully saturated rings. The second-order valence-electron chi connectivity index (χ2n) is 2.57. The molecule has 0 saturated heterocycles. The van der Waals surface area contributed by atoms with Gasteiger partial charge in [-0.05, 0) is 19.4 Å². The molecule has 0 saturated carbocycles. The van der Waals surface area contributed by atoms with E-state index in [4.69, 9.17) is 0 Å². The first-order chi connectivity index (χ1) is 5.56. The van der Waals surface area contributed by atoms with Crippen LogP contribution in [0, 0.1) is 0 Å². The minimum atomic E-state index is -4.00. The Morgan fingerprint density at radius 2 is 1.92 bits per heavy atom. The molecule has 4 heteroatoms. The summed E-state index contributed by atoms with van der Waals surface area (Å²) in [4.78, 5) is 0. The predicted molar refractivity (Wildman–Crippen MR) is 43.0 cm³/mol. The van der Waals surface area contributed by atoms with Crippen LogP contribution >= 0.6 is 0 Å². The van der Waals surface area contributed by atoms with Crippen molar-refractivity contribution in [3.63, 3.8) is 0 Å². The Balaban J connectivity index is 3.06. The molecule has 0 aromatic rings. The molecule has 72 valence electrons. The third-order valence-electron chi connectivity index (χ3n) is 1.35. The van der Waals surface area contributed by atoms with E-state index in [1.54, 1.807) is 6.08 Å². The van der Waals surface area contributed by atoms with E-state index in [0.717, 1.165) is 0 Å². The Hall–Kier alpha value is -0.510. The molecule has 0 aromatic heterocycles. The van der Waals surface area contributed by atoms with Gasteiger partial charge in [0.05, 0.1) is 0 Å². The van der Waals surface area contributed by atoms with Gasteiger partial charge in [0.15, 0.2) is 0 Å². The zero-order valence-corrected chi connectivity index (χ0v) is 6.95. The smallest absolute Gasteiger partial charge is 0.313 e. The lowest BCUT2D eigenvalue weighted by Gasteiger charge is -2.05.